The standard InChI is InChI=1S/C22H28N4O4/c1-28-17-10-15(11-18(29-2)20(17)30-3)19(22(27)25-12-13-4-5-13)26-16-8-6-14(7-9-16)21(23)24/h6-11,13,19,26H,4-5,12H2,1-3H3,(H3,23,24)(H,25,27). The summed E-state index contributed by atoms with van der Waals surface area (Å²) in [7, 11) is 4.61. The van der Waals surface area contributed by atoms with Gasteiger partial charge in [0.05, 0.1) is 21.3 Å². The molecule has 160 valence electrons. The third kappa shape index (κ3) is 4.94. The number of carbonyl (C=O) groups is 1. The largest absolute Gasteiger partial charge is 0.493 e. The smallest absolute Gasteiger partial charge is 0.247 e. The van der Waals surface area contributed by atoms with Crippen molar-refractivity contribution in [2.75, 3.05) is 33.2 Å². The zero-order chi connectivity index (χ0) is 21.7. The van der Waals surface area contributed by atoms with Crippen molar-refractivity contribution in [2.24, 2.45) is 11.7 Å². The first-order valence-corrected chi connectivity index (χ1v) is 9.75. The summed E-state index contributed by atoms with van der Waals surface area (Å²) in [4.78, 5) is 13.1. The highest BCUT2D eigenvalue weighted by Gasteiger charge is 2.27. The second kappa shape index (κ2) is 9.39. The number of methoxy groups -OCH3 is 3. The van der Waals surface area contributed by atoms with Crippen molar-refractivity contribution in [1.82, 2.24) is 5.32 Å². The van der Waals surface area contributed by atoms with E-state index >= 15 is 0 Å². The normalized spacial score (nSPS) is 13.8. The number of nitrogens with one attached hydrogen (secondary N) is 3. The minimum Gasteiger partial charge on any atom is -0.493 e. The molecule has 3 rings (SSSR count). The second-order valence-electron chi connectivity index (χ2n) is 7.22. The Labute approximate surface area is 176 Å². The van der Waals surface area contributed by atoms with Crippen molar-refractivity contribution < 1.29 is 19.0 Å². The number of hydrogen-bond donors (Lipinski definition) is 4. The molecule has 0 saturated heterocycles. The Morgan fingerprint density at radius 2 is 1.70 bits per heavy atom. The molecule has 1 unspecified atom stereocenters. The fourth-order valence-electron chi connectivity index (χ4n) is 3.15. The van der Waals surface area contributed by atoms with Gasteiger partial charge >= 0.3 is 0 Å². The topological polar surface area (TPSA) is 119 Å². The summed E-state index contributed by atoms with van der Waals surface area (Å²) in [6.45, 7) is 0.657. The predicted octanol–water partition coefficient (Wildman–Crippen LogP) is 2.68. The molecule has 1 amide bonds. The number of hydrogen-bond acceptors (Lipinski definition) is 6. The molecule has 2 aromatic carbocycles. The summed E-state index contributed by atoms with van der Waals surface area (Å²) in [5.41, 5.74) is 7.54. The van der Waals surface area contributed by atoms with Crippen LogP contribution in [0.15, 0.2) is 36.4 Å². The Morgan fingerprint density at radius 1 is 1.10 bits per heavy atom. The highest BCUT2D eigenvalue weighted by molar-refractivity contribution is 5.95. The maximum Gasteiger partial charge on any atom is 0.247 e. The number of amidine groups is 1. The maximum atomic E-state index is 13.1. The minimum atomic E-state index is -0.680. The Bertz CT molecular complexity index is 885. The number of benzene rings is 2. The van der Waals surface area contributed by atoms with Crippen LogP contribution in [0.3, 0.4) is 0 Å². The highest BCUT2D eigenvalue weighted by atomic mass is 16.5. The summed E-state index contributed by atoms with van der Waals surface area (Å²) in [6, 6.07) is 9.89. The van der Waals surface area contributed by atoms with Gasteiger partial charge in [-0.05, 0) is 60.7 Å². The molecule has 0 aliphatic heterocycles. The van der Waals surface area contributed by atoms with Gasteiger partial charge in [0.2, 0.25) is 11.7 Å². The van der Waals surface area contributed by atoms with Crippen LogP contribution in [0, 0.1) is 11.3 Å². The molecule has 1 saturated carbocycles. The number of carbonyl (C=O) groups excluding carboxylic acids is 1. The first-order valence-electron chi connectivity index (χ1n) is 9.75. The summed E-state index contributed by atoms with van der Waals surface area (Å²) >= 11 is 0. The number of rotatable bonds is 10. The van der Waals surface area contributed by atoms with Gasteiger partial charge in [0.1, 0.15) is 11.9 Å². The first-order chi connectivity index (χ1) is 14.5. The lowest BCUT2D eigenvalue weighted by molar-refractivity contribution is -0.122. The van der Waals surface area contributed by atoms with Crippen LogP contribution in [0.1, 0.15) is 30.0 Å². The van der Waals surface area contributed by atoms with E-state index in [0.29, 0.717) is 40.8 Å². The predicted molar refractivity (Wildman–Crippen MR) is 116 cm³/mol. The van der Waals surface area contributed by atoms with Crippen LogP contribution in [-0.2, 0) is 4.79 Å². The van der Waals surface area contributed by atoms with Gasteiger partial charge in [-0.15, -0.1) is 0 Å². The highest BCUT2D eigenvalue weighted by Crippen LogP contribution is 2.40. The SMILES string of the molecule is COc1cc(C(Nc2ccc(C(=N)N)cc2)C(=O)NCC2CC2)cc(OC)c1OC. The van der Waals surface area contributed by atoms with E-state index in [0.717, 1.165) is 18.5 Å². The zero-order valence-corrected chi connectivity index (χ0v) is 17.5. The van der Waals surface area contributed by atoms with E-state index in [2.05, 4.69) is 10.6 Å². The molecule has 1 fully saturated rings. The summed E-state index contributed by atoms with van der Waals surface area (Å²) in [5.74, 6) is 1.81. The van der Waals surface area contributed by atoms with E-state index < -0.39 is 6.04 Å². The number of nitrogens with two attached hydrogens (primary N) is 1. The third-order valence-electron chi connectivity index (χ3n) is 5.05. The number of anilines is 1. The van der Waals surface area contributed by atoms with Crippen LogP contribution in [0.25, 0.3) is 0 Å². The molecule has 5 N–H and O–H groups in total. The van der Waals surface area contributed by atoms with Gasteiger partial charge in [0.25, 0.3) is 0 Å². The van der Waals surface area contributed by atoms with Crippen LogP contribution in [0.5, 0.6) is 17.2 Å². The zero-order valence-electron chi connectivity index (χ0n) is 17.5. The fraction of sp³-hybridized carbons (Fsp3) is 0.364. The molecular formula is C22H28N4O4. The van der Waals surface area contributed by atoms with Crippen LogP contribution in [-0.4, -0.2) is 39.6 Å². The van der Waals surface area contributed by atoms with Gasteiger partial charge in [-0.25, -0.2) is 0 Å². The van der Waals surface area contributed by atoms with E-state index in [1.807, 2.05) is 0 Å². The van der Waals surface area contributed by atoms with Crippen LogP contribution in [0.2, 0.25) is 0 Å². The van der Waals surface area contributed by atoms with Crippen molar-refractivity contribution in [3.05, 3.63) is 47.5 Å². The molecule has 0 heterocycles. The molecule has 0 bridgehead atoms. The summed E-state index contributed by atoms with van der Waals surface area (Å²) in [5, 5.41) is 13.8. The maximum absolute atomic E-state index is 13.1. The first kappa shape index (κ1) is 21.3. The Balaban J connectivity index is 1.93. The molecule has 8 heteroatoms. The molecule has 8 nitrogen and oxygen atoms in total. The lowest BCUT2D eigenvalue weighted by atomic mass is 10.0. The van der Waals surface area contributed by atoms with E-state index in [4.69, 9.17) is 25.4 Å². The molecule has 0 aromatic heterocycles. The second-order valence-corrected chi connectivity index (χ2v) is 7.22. The van der Waals surface area contributed by atoms with Crippen LogP contribution in [0.4, 0.5) is 5.69 Å². The van der Waals surface area contributed by atoms with Gasteiger partial charge < -0.3 is 30.6 Å². The molecular weight excluding hydrogens is 384 g/mol. The number of ether oxygens (including phenoxy) is 3. The molecule has 0 radical (unpaired) electrons. The Hall–Kier alpha value is -3.42. The number of amides is 1. The van der Waals surface area contributed by atoms with Crippen molar-refractivity contribution >= 4 is 17.4 Å². The summed E-state index contributed by atoms with van der Waals surface area (Å²) < 4.78 is 16.3. The van der Waals surface area contributed by atoms with E-state index in [1.165, 1.54) is 21.3 Å². The molecule has 1 aliphatic rings. The average molecular weight is 412 g/mol. The van der Waals surface area contributed by atoms with E-state index in [9.17, 15) is 4.79 Å². The molecule has 30 heavy (non-hydrogen) atoms. The van der Waals surface area contributed by atoms with Gasteiger partial charge in [0, 0.05) is 17.8 Å². The summed E-state index contributed by atoms with van der Waals surface area (Å²) in [6.07, 6.45) is 2.30. The van der Waals surface area contributed by atoms with Gasteiger partial charge in [-0.3, -0.25) is 10.2 Å². The lowest BCUT2D eigenvalue weighted by Gasteiger charge is -2.22. The third-order valence-corrected chi connectivity index (χ3v) is 5.05. The van der Waals surface area contributed by atoms with Crippen molar-refractivity contribution in [3.63, 3.8) is 0 Å². The molecule has 0 spiro atoms. The fourth-order valence-corrected chi connectivity index (χ4v) is 3.15. The van der Waals surface area contributed by atoms with E-state index in [1.54, 1.807) is 36.4 Å². The van der Waals surface area contributed by atoms with Gasteiger partial charge in [-0.1, -0.05) is 0 Å². The number of nitrogen functional groups attached to an aromatic ring is 1. The lowest BCUT2D eigenvalue weighted by Crippen LogP contribution is -2.34. The van der Waals surface area contributed by atoms with E-state index in [-0.39, 0.29) is 11.7 Å². The Kier molecular flexibility index (Phi) is 6.66. The molecule has 2 aromatic rings. The minimum absolute atomic E-state index is 0.00935. The van der Waals surface area contributed by atoms with Crippen LogP contribution >= 0.6 is 0 Å². The van der Waals surface area contributed by atoms with Gasteiger partial charge in [0.15, 0.2) is 11.5 Å². The van der Waals surface area contributed by atoms with Gasteiger partial charge in [-0.2, -0.15) is 0 Å². The molecule has 1 atom stereocenters. The van der Waals surface area contributed by atoms with Crippen molar-refractivity contribution in [3.8, 4) is 17.2 Å². The average Bonchev–Trinajstić information content (AvgIpc) is 3.59. The van der Waals surface area contributed by atoms with Crippen molar-refractivity contribution in [1.29, 1.82) is 5.41 Å². The molecule has 1 aliphatic carbocycles. The Morgan fingerprint density at radius 3 is 2.17 bits per heavy atom. The van der Waals surface area contributed by atoms with Crippen LogP contribution < -0.4 is 30.6 Å². The quantitative estimate of drug-likeness (QED) is 0.352. The monoisotopic (exact) mass is 412 g/mol. The van der Waals surface area contributed by atoms with Crippen molar-refractivity contribution in [2.45, 2.75) is 18.9 Å².